The van der Waals surface area contributed by atoms with Gasteiger partial charge in [-0.1, -0.05) is 39.3 Å². The van der Waals surface area contributed by atoms with E-state index >= 15 is 0 Å². The van der Waals surface area contributed by atoms with Crippen LogP contribution in [0.2, 0.25) is 0 Å². The Bertz CT molecular complexity index is 464. The van der Waals surface area contributed by atoms with Gasteiger partial charge < -0.3 is 9.84 Å². The Morgan fingerprint density at radius 3 is 2.50 bits per heavy atom. The van der Waals surface area contributed by atoms with E-state index in [1.807, 2.05) is 31.2 Å². The van der Waals surface area contributed by atoms with Gasteiger partial charge in [0.1, 0.15) is 5.75 Å². The summed E-state index contributed by atoms with van der Waals surface area (Å²) in [6.07, 6.45) is 2.70. The number of rotatable bonds is 5. The van der Waals surface area contributed by atoms with E-state index in [0.717, 1.165) is 30.6 Å². The van der Waals surface area contributed by atoms with Crippen LogP contribution in [0.4, 0.5) is 0 Å². The van der Waals surface area contributed by atoms with Gasteiger partial charge in [0.2, 0.25) is 0 Å². The predicted octanol–water partition coefficient (Wildman–Crippen LogP) is 3.86. The molecule has 1 aromatic carbocycles. The fourth-order valence-corrected chi connectivity index (χ4v) is 3.16. The van der Waals surface area contributed by atoms with Crippen molar-refractivity contribution in [1.29, 1.82) is 0 Å². The van der Waals surface area contributed by atoms with E-state index in [1.165, 1.54) is 0 Å². The number of carboxylic acids is 1. The number of hydrogen-bond donors (Lipinski definition) is 1. The van der Waals surface area contributed by atoms with Crippen LogP contribution < -0.4 is 4.74 Å². The second-order valence-electron chi connectivity index (χ2n) is 6.30. The van der Waals surface area contributed by atoms with Crippen LogP contribution in [0.5, 0.6) is 5.75 Å². The van der Waals surface area contributed by atoms with Gasteiger partial charge in [0.25, 0.3) is 0 Å². The molecule has 1 fully saturated rings. The maximum atomic E-state index is 11.8. The third kappa shape index (κ3) is 2.67. The predicted molar refractivity (Wildman–Crippen MR) is 79.1 cm³/mol. The zero-order valence-corrected chi connectivity index (χ0v) is 12.6. The molecule has 110 valence electrons. The maximum Gasteiger partial charge on any atom is 0.314 e. The van der Waals surface area contributed by atoms with Gasteiger partial charge in [-0.25, -0.2) is 0 Å². The number of ether oxygens (including phenoxy) is 1. The highest BCUT2D eigenvalue weighted by atomic mass is 16.5. The van der Waals surface area contributed by atoms with Crippen molar-refractivity contribution in [3.63, 3.8) is 0 Å². The Morgan fingerprint density at radius 1 is 1.40 bits per heavy atom. The van der Waals surface area contributed by atoms with Gasteiger partial charge in [-0.05, 0) is 42.4 Å². The topological polar surface area (TPSA) is 46.5 Å². The molecule has 1 aliphatic rings. The molecule has 0 heterocycles. The summed E-state index contributed by atoms with van der Waals surface area (Å²) in [4.78, 5) is 11.8. The molecule has 1 saturated carbocycles. The molecule has 0 amide bonds. The van der Waals surface area contributed by atoms with Crippen molar-refractivity contribution in [3.8, 4) is 5.75 Å². The van der Waals surface area contributed by atoms with Crippen molar-refractivity contribution in [2.75, 3.05) is 6.61 Å². The van der Waals surface area contributed by atoms with E-state index in [1.54, 1.807) is 0 Å². The van der Waals surface area contributed by atoms with Gasteiger partial charge in [0, 0.05) is 0 Å². The molecule has 0 spiro atoms. The first-order valence-electron chi connectivity index (χ1n) is 7.43. The summed E-state index contributed by atoms with van der Waals surface area (Å²) in [7, 11) is 0. The largest absolute Gasteiger partial charge is 0.493 e. The van der Waals surface area contributed by atoms with Gasteiger partial charge in [-0.2, -0.15) is 0 Å². The number of benzene rings is 1. The molecule has 0 aliphatic heterocycles. The fraction of sp³-hybridized carbons (Fsp3) is 0.588. The minimum atomic E-state index is -0.712. The summed E-state index contributed by atoms with van der Waals surface area (Å²) in [6.45, 7) is 6.94. The Balaban J connectivity index is 2.21. The van der Waals surface area contributed by atoms with Gasteiger partial charge in [-0.3, -0.25) is 4.79 Å². The van der Waals surface area contributed by atoms with Crippen molar-refractivity contribution < 1.29 is 14.6 Å². The van der Waals surface area contributed by atoms with Crippen LogP contribution in [0.3, 0.4) is 0 Å². The molecule has 2 unspecified atom stereocenters. The van der Waals surface area contributed by atoms with E-state index in [9.17, 15) is 9.90 Å². The minimum Gasteiger partial charge on any atom is -0.493 e. The Hall–Kier alpha value is -1.51. The number of carbonyl (C=O) groups is 1. The molecule has 2 rings (SSSR count). The third-order valence-corrected chi connectivity index (χ3v) is 4.38. The van der Waals surface area contributed by atoms with Crippen LogP contribution in [0.25, 0.3) is 0 Å². The van der Waals surface area contributed by atoms with Gasteiger partial charge in [-0.15, -0.1) is 0 Å². The monoisotopic (exact) mass is 276 g/mol. The molecule has 0 aromatic heterocycles. The van der Waals surface area contributed by atoms with Crippen molar-refractivity contribution >= 4 is 5.97 Å². The van der Waals surface area contributed by atoms with E-state index in [-0.39, 0.29) is 5.92 Å². The van der Waals surface area contributed by atoms with Crippen molar-refractivity contribution in [2.45, 2.75) is 45.4 Å². The molecule has 3 nitrogen and oxygen atoms in total. The minimum absolute atomic E-state index is 0.183. The van der Waals surface area contributed by atoms with Crippen molar-refractivity contribution in [3.05, 3.63) is 29.8 Å². The third-order valence-electron chi connectivity index (χ3n) is 4.38. The van der Waals surface area contributed by atoms with Gasteiger partial charge in [0.05, 0.1) is 12.0 Å². The Labute approximate surface area is 121 Å². The quantitative estimate of drug-likeness (QED) is 0.888. The number of hydrogen-bond acceptors (Lipinski definition) is 2. The summed E-state index contributed by atoms with van der Waals surface area (Å²) in [5.41, 5.74) is 0.197. The highest BCUT2D eigenvalue weighted by molar-refractivity contribution is 5.82. The van der Waals surface area contributed by atoms with Gasteiger partial charge >= 0.3 is 5.97 Å². The summed E-state index contributed by atoms with van der Waals surface area (Å²) in [6, 6.07) is 7.64. The molecule has 0 saturated heterocycles. The van der Waals surface area contributed by atoms with E-state index in [0.29, 0.717) is 12.5 Å². The molecule has 3 heteroatoms. The van der Waals surface area contributed by atoms with Crippen LogP contribution in [-0.4, -0.2) is 17.7 Å². The second kappa shape index (κ2) is 5.86. The second-order valence-corrected chi connectivity index (χ2v) is 6.30. The SMILES string of the molecule is CC(C)COc1ccc(C2(C(=O)O)CCCC2C)cc1. The summed E-state index contributed by atoms with van der Waals surface area (Å²) in [5.74, 6) is 0.782. The first-order chi connectivity index (χ1) is 9.46. The van der Waals surface area contributed by atoms with Crippen LogP contribution in [0, 0.1) is 11.8 Å². The zero-order valence-electron chi connectivity index (χ0n) is 12.6. The first kappa shape index (κ1) is 14.9. The molecule has 1 N–H and O–H groups in total. The molecular formula is C17H24O3. The number of aliphatic carboxylic acids is 1. The average Bonchev–Trinajstić information content (AvgIpc) is 2.80. The lowest BCUT2D eigenvalue weighted by molar-refractivity contribution is -0.145. The van der Waals surface area contributed by atoms with Crippen LogP contribution in [0.15, 0.2) is 24.3 Å². The van der Waals surface area contributed by atoms with E-state index < -0.39 is 11.4 Å². The molecule has 0 bridgehead atoms. The van der Waals surface area contributed by atoms with Crippen LogP contribution >= 0.6 is 0 Å². The molecule has 2 atom stereocenters. The molecular weight excluding hydrogens is 252 g/mol. The van der Waals surface area contributed by atoms with E-state index in [4.69, 9.17) is 4.74 Å². The summed E-state index contributed by atoms with van der Waals surface area (Å²) >= 11 is 0. The van der Waals surface area contributed by atoms with Crippen molar-refractivity contribution in [2.24, 2.45) is 11.8 Å². The fourth-order valence-electron chi connectivity index (χ4n) is 3.16. The maximum absolute atomic E-state index is 11.8. The lowest BCUT2D eigenvalue weighted by Crippen LogP contribution is -2.38. The summed E-state index contributed by atoms with van der Waals surface area (Å²) in [5, 5.41) is 9.70. The molecule has 1 aromatic rings. The van der Waals surface area contributed by atoms with Crippen LogP contribution in [-0.2, 0) is 10.2 Å². The Morgan fingerprint density at radius 2 is 2.05 bits per heavy atom. The highest BCUT2D eigenvalue weighted by Crippen LogP contribution is 2.46. The van der Waals surface area contributed by atoms with Crippen LogP contribution in [0.1, 0.15) is 45.6 Å². The Kier molecular flexibility index (Phi) is 4.36. The smallest absolute Gasteiger partial charge is 0.314 e. The average molecular weight is 276 g/mol. The summed E-state index contributed by atoms with van der Waals surface area (Å²) < 4.78 is 5.66. The number of carboxylic acid groups (broad SMARTS) is 1. The normalized spacial score (nSPS) is 25.9. The highest BCUT2D eigenvalue weighted by Gasteiger charge is 2.48. The van der Waals surface area contributed by atoms with Gasteiger partial charge in [0.15, 0.2) is 0 Å². The molecule has 0 radical (unpaired) electrons. The first-order valence-corrected chi connectivity index (χ1v) is 7.43. The lowest BCUT2D eigenvalue weighted by atomic mass is 9.73. The lowest BCUT2D eigenvalue weighted by Gasteiger charge is -2.29. The molecule has 20 heavy (non-hydrogen) atoms. The standard InChI is InChI=1S/C17H24O3/c1-12(2)11-20-15-8-6-14(7-9-15)17(16(18)19)10-4-5-13(17)3/h6-9,12-13H,4-5,10-11H2,1-3H3,(H,18,19). The molecule has 1 aliphatic carbocycles. The van der Waals surface area contributed by atoms with Crippen molar-refractivity contribution in [1.82, 2.24) is 0 Å². The van der Waals surface area contributed by atoms with E-state index in [2.05, 4.69) is 13.8 Å². The zero-order chi connectivity index (χ0) is 14.8.